The lowest BCUT2D eigenvalue weighted by Gasteiger charge is -2.24. The molecule has 0 aromatic heterocycles. The minimum absolute atomic E-state index is 0.0108. The molecule has 0 unspecified atom stereocenters. The number of hydrogen-bond acceptors (Lipinski definition) is 4. The SMILES string of the molecule is CN(C)CCCNC(=O)CN(C)C(=O)OC(C)(C)C. The van der Waals surface area contributed by atoms with Crippen LogP contribution in [-0.4, -0.2) is 68.2 Å². The normalized spacial score (nSPS) is 11.3. The number of likely N-dealkylation sites (N-methyl/N-ethyl adjacent to an activating group) is 1. The molecule has 0 aromatic carbocycles. The van der Waals surface area contributed by atoms with Crippen molar-refractivity contribution >= 4 is 12.0 Å². The molecule has 0 saturated heterocycles. The first-order valence-corrected chi connectivity index (χ1v) is 6.47. The van der Waals surface area contributed by atoms with Gasteiger partial charge in [-0.1, -0.05) is 0 Å². The molecule has 6 nitrogen and oxygen atoms in total. The predicted molar refractivity (Wildman–Crippen MR) is 75.0 cm³/mol. The van der Waals surface area contributed by atoms with Gasteiger partial charge in [-0.25, -0.2) is 4.79 Å². The van der Waals surface area contributed by atoms with E-state index in [4.69, 9.17) is 4.74 Å². The summed E-state index contributed by atoms with van der Waals surface area (Å²) < 4.78 is 5.16. The van der Waals surface area contributed by atoms with Crippen LogP contribution in [0.3, 0.4) is 0 Å². The maximum absolute atomic E-state index is 11.6. The molecule has 0 rings (SSSR count). The molecule has 112 valence electrons. The second-order valence-corrected chi connectivity index (χ2v) is 5.84. The molecule has 0 atom stereocenters. The number of ether oxygens (including phenoxy) is 1. The first kappa shape index (κ1) is 17.7. The smallest absolute Gasteiger partial charge is 0.410 e. The third-order valence-corrected chi connectivity index (χ3v) is 2.19. The molecule has 0 heterocycles. The van der Waals surface area contributed by atoms with Gasteiger partial charge >= 0.3 is 6.09 Å². The zero-order valence-electron chi connectivity index (χ0n) is 12.9. The summed E-state index contributed by atoms with van der Waals surface area (Å²) in [7, 11) is 5.52. The van der Waals surface area contributed by atoms with Gasteiger partial charge in [0.25, 0.3) is 0 Å². The fourth-order valence-electron chi connectivity index (χ4n) is 1.30. The molecule has 6 heteroatoms. The molecule has 1 N–H and O–H groups in total. The van der Waals surface area contributed by atoms with Crippen molar-refractivity contribution in [1.82, 2.24) is 15.1 Å². The minimum Gasteiger partial charge on any atom is -0.444 e. The Hall–Kier alpha value is -1.30. The topological polar surface area (TPSA) is 61.9 Å². The van der Waals surface area contributed by atoms with Crippen LogP contribution in [0.4, 0.5) is 4.79 Å². The first-order valence-electron chi connectivity index (χ1n) is 6.47. The highest BCUT2D eigenvalue weighted by Crippen LogP contribution is 2.08. The Kier molecular flexibility index (Phi) is 7.44. The predicted octanol–water partition coefficient (Wildman–Crippen LogP) is 0.921. The van der Waals surface area contributed by atoms with E-state index in [1.807, 2.05) is 14.1 Å². The molecule has 0 aliphatic carbocycles. The summed E-state index contributed by atoms with van der Waals surface area (Å²) in [5, 5.41) is 2.77. The second-order valence-electron chi connectivity index (χ2n) is 5.84. The van der Waals surface area contributed by atoms with Crippen LogP contribution >= 0.6 is 0 Å². The van der Waals surface area contributed by atoms with Gasteiger partial charge < -0.3 is 19.9 Å². The Morgan fingerprint density at radius 3 is 2.21 bits per heavy atom. The van der Waals surface area contributed by atoms with Crippen molar-refractivity contribution in [2.45, 2.75) is 32.8 Å². The summed E-state index contributed by atoms with van der Waals surface area (Å²) in [5.74, 6) is -0.174. The van der Waals surface area contributed by atoms with Crippen LogP contribution < -0.4 is 5.32 Å². The monoisotopic (exact) mass is 273 g/mol. The van der Waals surface area contributed by atoms with Gasteiger partial charge in [0.05, 0.1) is 0 Å². The fraction of sp³-hybridized carbons (Fsp3) is 0.846. The molecular weight excluding hydrogens is 246 g/mol. The van der Waals surface area contributed by atoms with Gasteiger partial charge in [-0.2, -0.15) is 0 Å². The van der Waals surface area contributed by atoms with Gasteiger partial charge in [-0.3, -0.25) is 4.79 Å². The van der Waals surface area contributed by atoms with Crippen molar-refractivity contribution in [3.8, 4) is 0 Å². The van der Waals surface area contributed by atoms with E-state index in [0.717, 1.165) is 13.0 Å². The summed E-state index contributed by atoms with van der Waals surface area (Å²) in [6, 6.07) is 0. The van der Waals surface area contributed by atoms with E-state index >= 15 is 0 Å². The van der Waals surface area contributed by atoms with E-state index in [-0.39, 0.29) is 12.5 Å². The molecule has 0 saturated carbocycles. The molecular formula is C13H27N3O3. The van der Waals surface area contributed by atoms with Crippen molar-refractivity contribution in [1.29, 1.82) is 0 Å². The first-order chi connectivity index (χ1) is 8.61. The standard InChI is InChI=1S/C13H27N3O3/c1-13(2,3)19-12(18)16(6)10-11(17)14-8-7-9-15(4)5/h7-10H2,1-6H3,(H,14,17). The Morgan fingerprint density at radius 1 is 1.16 bits per heavy atom. The highest BCUT2D eigenvalue weighted by molar-refractivity contribution is 5.82. The van der Waals surface area contributed by atoms with Gasteiger partial charge in [-0.05, 0) is 47.8 Å². The number of rotatable bonds is 6. The summed E-state index contributed by atoms with van der Waals surface area (Å²) >= 11 is 0. The summed E-state index contributed by atoms with van der Waals surface area (Å²) in [5.41, 5.74) is -0.548. The van der Waals surface area contributed by atoms with Crippen molar-refractivity contribution in [3.05, 3.63) is 0 Å². The quantitative estimate of drug-likeness (QED) is 0.731. The average Bonchev–Trinajstić information content (AvgIpc) is 2.21. The maximum Gasteiger partial charge on any atom is 0.410 e. The van der Waals surface area contributed by atoms with Crippen molar-refractivity contribution in [2.75, 3.05) is 40.8 Å². The number of nitrogens with one attached hydrogen (secondary N) is 1. The van der Waals surface area contributed by atoms with E-state index in [9.17, 15) is 9.59 Å². The number of hydrogen-bond donors (Lipinski definition) is 1. The van der Waals surface area contributed by atoms with Crippen LogP contribution in [0.15, 0.2) is 0 Å². The average molecular weight is 273 g/mol. The van der Waals surface area contributed by atoms with Gasteiger partial charge in [0.15, 0.2) is 0 Å². The van der Waals surface area contributed by atoms with E-state index in [0.29, 0.717) is 6.54 Å². The molecule has 0 aromatic rings. The lowest BCUT2D eigenvalue weighted by Crippen LogP contribution is -2.41. The van der Waals surface area contributed by atoms with Gasteiger partial charge in [0.2, 0.25) is 5.91 Å². The van der Waals surface area contributed by atoms with E-state index in [1.165, 1.54) is 4.90 Å². The Balaban J connectivity index is 3.89. The summed E-state index contributed by atoms with van der Waals surface area (Å²) in [4.78, 5) is 26.5. The molecule has 0 spiro atoms. The second kappa shape index (κ2) is 7.99. The highest BCUT2D eigenvalue weighted by atomic mass is 16.6. The van der Waals surface area contributed by atoms with Crippen LogP contribution in [0, 0.1) is 0 Å². The molecule has 0 radical (unpaired) electrons. The van der Waals surface area contributed by atoms with Gasteiger partial charge in [-0.15, -0.1) is 0 Å². The summed E-state index contributed by atoms with van der Waals surface area (Å²) in [6.07, 6.45) is 0.394. The van der Waals surface area contributed by atoms with Gasteiger partial charge in [0.1, 0.15) is 12.1 Å². The number of amides is 2. The Labute approximate surface area is 116 Å². The van der Waals surface area contributed by atoms with E-state index in [1.54, 1.807) is 27.8 Å². The zero-order valence-corrected chi connectivity index (χ0v) is 12.9. The Morgan fingerprint density at radius 2 is 1.74 bits per heavy atom. The van der Waals surface area contributed by atoms with Crippen molar-refractivity contribution < 1.29 is 14.3 Å². The number of nitrogens with zero attached hydrogens (tertiary/aromatic N) is 2. The molecule has 0 aliphatic rings. The van der Waals surface area contributed by atoms with E-state index in [2.05, 4.69) is 10.2 Å². The largest absolute Gasteiger partial charge is 0.444 e. The molecule has 0 fully saturated rings. The summed E-state index contributed by atoms with van der Waals surface area (Å²) in [6.45, 7) is 6.92. The van der Waals surface area contributed by atoms with Crippen molar-refractivity contribution in [2.24, 2.45) is 0 Å². The van der Waals surface area contributed by atoms with Crippen LogP contribution in [0.1, 0.15) is 27.2 Å². The Bertz CT molecular complexity index is 298. The van der Waals surface area contributed by atoms with Crippen molar-refractivity contribution in [3.63, 3.8) is 0 Å². The lowest BCUT2D eigenvalue weighted by molar-refractivity contribution is -0.122. The molecule has 19 heavy (non-hydrogen) atoms. The maximum atomic E-state index is 11.6. The minimum atomic E-state index is -0.548. The van der Waals surface area contributed by atoms with Crippen LogP contribution in [0.25, 0.3) is 0 Å². The van der Waals surface area contributed by atoms with Crippen LogP contribution in [-0.2, 0) is 9.53 Å². The number of carbonyl (C=O) groups excluding carboxylic acids is 2. The lowest BCUT2D eigenvalue weighted by atomic mass is 10.2. The molecule has 0 bridgehead atoms. The third-order valence-electron chi connectivity index (χ3n) is 2.19. The number of carbonyl (C=O) groups is 2. The molecule has 2 amide bonds. The zero-order chi connectivity index (χ0) is 15.1. The highest BCUT2D eigenvalue weighted by Gasteiger charge is 2.20. The van der Waals surface area contributed by atoms with Gasteiger partial charge in [0, 0.05) is 13.6 Å². The third kappa shape index (κ3) is 10.3. The van der Waals surface area contributed by atoms with Crippen LogP contribution in [0.5, 0.6) is 0 Å². The molecule has 0 aliphatic heterocycles. The fourth-order valence-corrected chi connectivity index (χ4v) is 1.30. The van der Waals surface area contributed by atoms with Crippen LogP contribution in [0.2, 0.25) is 0 Å². The van der Waals surface area contributed by atoms with E-state index < -0.39 is 11.7 Å².